The second kappa shape index (κ2) is 6.60. The summed E-state index contributed by atoms with van der Waals surface area (Å²) in [5.74, 6) is 0.888. The first-order chi connectivity index (χ1) is 9.19. The van der Waals surface area contributed by atoms with E-state index >= 15 is 0 Å². The highest BCUT2D eigenvalue weighted by molar-refractivity contribution is 6.30. The Labute approximate surface area is 120 Å². The number of hydrogen-bond acceptors (Lipinski definition) is 3. The van der Waals surface area contributed by atoms with Gasteiger partial charge in [-0.2, -0.15) is 0 Å². The molecule has 0 amide bonds. The highest BCUT2D eigenvalue weighted by atomic mass is 35.5. The van der Waals surface area contributed by atoms with E-state index in [-0.39, 0.29) is 0 Å². The van der Waals surface area contributed by atoms with E-state index in [0.717, 1.165) is 42.5 Å². The molecule has 0 unspecified atom stereocenters. The highest BCUT2D eigenvalue weighted by Gasteiger charge is 2.41. The molecule has 0 radical (unpaired) electrons. The van der Waals surface area contributed by atoms with E-state index in [9.17, 15) is 0 Å². The Morgan fingerprint density at radius 3 is 2.74 bits per heavy atom. The predicted octanol–water partition coefficient (Wildman–Crippen LogP) is 3.25. The average molecular weight is 284 g/mol. The van der Waals surface area contributed by atoms with E-state index in [1.165, 1.54) is 12.8 Å². The van der Waals surface area contributed by atoms with Crippen LogP contribution < -0.4 is 10.1 Å². The molecule has 0 aromatic heterocycles. The Balaban J connectivity index is 1.84. The number of benzene rings is 1. The standard InChI is InChI=1S/C15H22ClNO2/c1-18-8-7-15(5-6-15)11-17-10-12-9-13(16)3-4-14(12)19-2/h3-4,9,17H,5-8,10-11H2,1-2H3. The lowest BCUT2D eigenvalue weighted by Gasteiger charge is -2.16. The Hall–Kier alpha value is -0.770. The van der Waals surface area contributed by atoms with Crippen molar-refractivity contribution in [2.45, 2.75) is 25.8 Å². The second-order valence-corrected chi connectivity index (χ2v) is 5.74. The van der Waals surface area contributed by atoms with Crippen molar-refractivity contribution in [3.63, 3.8) is 0 Å². The van der Waals surface area contributed by atoms with Crippen molar-refractivity contribution in [1.82, 2.24) is 5.32 Å². The molecule has 1 aromatic rings. The first-order valence-electron chi connectivity index (χ1n) is 6.71. The van der Waals surface area contributed by atoms with Gasteiger partial charge >= 0.3 is 0 Å². The van der Waals surface area contributed by atoms with Gasteiger partial charge in [-0.05, 0) is 42.9 Å². The van der Waals surface area contributed by atoms with Gasteiger partial charge in [0.1, 0.15) is 5.75 Å². The van der Waals surface area contributed by atoms with Crippen LogP contribution in [-0.4, -0.2) is 27.4 Å². The quantitative estimate of drug-likeness (QED) is 0.794. The fourth-order valence-corrected chi connectivity index (χ4v) is 2.55. The molecule has 1 aromatic carbocycles. The molecule has 106 valence electrons. The van der Waals surface area contributed by atoms with E-state index in [4.69, 9.17) is 21.1 Å². The zero-order chi connectivity index (χ0) is 13.7. The van der Waals surface area contributed by atoms with Crippen LogP contribution in [0.25, 0.3) is 0 Å². The van der Waals surface area contributed by atoms with Gasteiger partial charge in [0, 0.05) is 37.4 Å². The summed E-state index contributed by atoms with van der Waals surface area (Å²) in [5, 5.41) is 4.27. The van der Waals surface area contributed by atoms with E-state index in [1.54, 1.807) is 14.2 Å². The highest BCUT2D eigenvalue weighted by Crippen LogP contribution is 2.48. The molecule has 1 aliphatic rings. The summed E-state index contributed by atoms with van der Waals surface area (Å²) in [6.07, 6.45) is 3.75. The minimum atomic E-state index is 0.460. The number of methoxy groups -OCH3 is 2. The normalized spacial score (nSPS) is 16.4. The van der Waals surface area contributed by atoms with E-state index < -0.39 is 0 Å². The zero-order valence-corrected chi connectivity index (χ0v) is 12.4. The molecule has 4 heteroatoms. The van der Waals surface area contributed by atoms with Crippen LogP contribution in [0, 0.1) is 5.41 Å². The molecule has 0 saturated heterocycles. The minimum absolute atomic E-state index is 0.460. The van der Waals surface area contributed by atoms with Gasteiger partial charge in [-0.25, -0.2) is 0 Å². The minimum Gasteiger partial charge on any atom is -0.496 e. The molecular formula is C15H22ClNO2. The molecule has 0 bridgehead atoms. The van der Waals surface area contributed by atoms with E-state index in [1.807, 2.05) is 18.2 Å². The van der Waals surface area contributed by atoms with Gasteiger partial charge in [-0.3, -0.25) is 0 Å². The number of rotatable bonds is 8. The van der Waals surface area contributed by atoms with Crippen LogP contribution in [0.15, 0.2) is 18.2 Å². The number of hydrogen-bond donors (Lipinski definition) is 1. The van der Waals surface area contributed by atoms with Crippen LogP contribution in [0.4, 0.5) is 0 Å². The molecule has 2 rings (SSSR count). The zero-order valence-electron chi connectivity index (χ0n) is 11.7. The van der Waals surface area contributed by atoms with Crippen molar-refractivity contribution in [3.05, 3.63) is 28.8 Å². The maximum absolute atomic E-state index is 6.02. The smallest absolute Gasteiger partial charge is 0.123 e. The summed E-state index contributed by atoms with van der Waals surface area (Å²) in [4.78, 5) is 0. The van der Waals surface area contributed by atoms with Gasteiger partial charge in [0.05, 0.1) is 7.11 Å². The van der Waals surface area contributed by atoms with E-state index in [2.05, 4.69) is 5.32 Å². The van der Waals surface area contributed by atoms with Crippen LogP contribution in [0.5, 0.6) is 5.75 Å². The molecule has 0 spiro atoms. The van der Waals surface area contributed by atoms with Gasteiger partial charge < -0.3 is 14.8 Å². The maximum atomic E-state index is 6.02. The average Bonchev–Trinajstić information content (AvgIpc) is 3.17. The first-order valence-corrected chi connectivity index (χ1v) is 7.09. The van der Waals surface area contributed by atoms with Gasteiger partial charge in [0.2, 0.25) is 0 Å². The molecule has 1 fully saturated rings. The van der Waals surface area contributed by atoms with Crippen LogP contribution in [-0.2, 0) is 11.3 Å². The Morgan fingerprint density at radius 1 is 1.32 bits per heavy atom. The molecule has 0 aliphatic heterocycles. The lowest BCUT2D eigenvalue weighted by molar-refractivity contribution is 0.171. The SMILES string of the molecule is COCCC1(CNCc2cc(Cl)ccc2OC)CC1. The maximum Gasteiger partial charge on any atom is 0.123 e. The fourth-order valence-electron chi connectivity index (χ4n) is 2.36. The summed E-state index contributed by atoms with van der Waals surface area (Å²) in [5.41, 5.74) is 1.57. The van der Waals surface area contributed by atoms with Crippen LogP contribution in [0.1, 0.15) is 24.8 Å². The fraction of sp³-hybridized carbons (Fsp3) is 0.600. The van der Waals surface area contributed by atoms with Crippen LogP contribution >= 0.6 is 11.6 Å². The van der Waals surface area contributed by atoms with Crippen molar-refractivity contribution >= 4 is 11.6 Å². The van der Waals surface area contributed by atoms with Crippen LogP contribution in [0.2, 0.25) is 5.02 Å². The van der Waals surface area contributed by atoms with Crippen LogP contribution in [0.3, 0.4) is 0 Å². The predicted molar refractivity (Wildman–Crippen MR) is 77.9 cm³/mol. The second-order valence-electron chi connectivity index (χ2n) is 5.30. The van der Waals surface area contributed by atoms with Crippen molar-refractivity contribution in [1.29, 1.82) is 0 Å². The third kappa shape index (κ3) is 4.10. The van der Waals surface area contributed by atoms with Gasteiger partial charge in [0.15, 0.2) is 0 Å². The molecule has 19 heavy (non-hydrogen) atoms. The molecular weight excluding hydrogens is 262 g/mol. The van der Waals surface area contributed by atoms with Crippen molar-refractivity contribution < 1.29 is 9.47 Å². The van der Waals surface area contributed by atoms with Crippen molar-refractivity contribution in [2.75, 3.05) is 27.4 Å². The lowest BCUT2D eigenvalue weighted by atomic mass is 10.0. The summed E-state index contributed by atoms with van der Waals surface area (Å²) < 4.78 is 10.5. The summed E-state index contributed by atoms with van der Waals surface area (Å²) in [7, 11) is 3.45. The van der Waals surface area contributed by atoms with Crippen molar-refractivity contribution in [2.24, 2.45) is 5.41 Å². The number of halogens is 1. The number of ether oxygens (including phenoxy) is 2. The summed E-state index contributed by atoms with van der Waals surface area (Å²) in [6.45, 7) is 2.67. The largest absolute Gasteiger partial charge is 0.496 e. The monoisotopic (exact) mass is 283 g/mol. The van der Waals surface area contributed by atoms with Gasteiger partial charge in [0.25, 0.3) is 0 Å². The molecule has 0 atom stereocenters. The third-order valence-electron chi connectivity index (χ3n) is 3.85. The number of nitrogens with one attached hydrogen (secondary N) is 1. The first kappa shape index (κ1) is 14.6. The Morgan fingerprint density at radius 2 is 2.11 bits per heavy atom. The molecule has 0 heterocycles. The van der Waals surface area contributed by atoms with E-state index in [0.29, 0.717) is 5.41 Å². The topological polar surface area (TPSA) is 30.5 Å². The third-order valence-corrected chi connectivity index (χ3v) is 4.09. The Kier molecular flexibility index (Phi) is 5.08. The van der Waals surface area contributed by atoms with Crippen molar-refractivity contribution in [3.8, 4) is 5.75 Å². The summed E-state index contributed by atoms with van der Waals surface area (Å²) >= 11 is 6.02. The molecule has 1 N–H and O–H groups in total. The molecule has 3 nitrogen and oxygen atoms in total. The Bertz CT molecular complexity index is 419. The lowest BCUT2D eigenvalue weighted by Crippen LogP contribution is -2.24. The van der Waals surface area contributed by atoms with Gasteiger partial charge in [-0.15, -0.1) is 0 Å². The summed E-state index contributed by atoms with van der Waals surface area (Å²) in [6, 6.07) is 5.73. The molecule has 1 saturated carbocycles. The molecule has 1 aliphatic carbocycles. The van der Waals surface area contributed by atoms with Gasteiger partial charge in [-0.1, -0.05) is 11.6 Å².